The number of thiophene rings is 2. The number of halogens is 2. The Hall–Kier alpha value is -1.70. The van der Waals surface area contributed by atoms with Crippen LogP contribution in [0.25, 0.3) is 0 Å². The Morgan fingerprint density at radius 1 is 1.19 bits per heavy atom. The van der Waals surface area contributed by atoms with E-state index < -0.39 is 11.6 Å². The summed E-state index contributed by atoms with van der Waals surface area (Å²) in [7, 11) is 0. The van der Waals surface area contributed by atoms with E-state index in [1.165, 1.54) is 10.4 Å². The van der Waals surface area contributed by atoms with Crippen molar-refractivity contribution in [2.75, 3.05) is 12.3 Å². The van der Waals surface area contributed by atoms with Gasteiger partial charge in [0.2, 0.25) is 5.91 Å². The lowest BCUT2D eigenvalue weighted by molar-refractivity contribution is -0.130. The summed E-state index contributed by atoms with van der Waals surface area (Å²) >= 11 is 4.40. The highest BCUT2D eigenvalue weighted by molar-refractivity contribution is 8.00. The number of fused-ring (bicyclic) bond motifs is 1. The minimum atomic E-state index is -0.502. The van der Waals surface area contributed by atoms with E-state index in [-0.39, 0.29) is 22.6 Å². The van der Waals surface area contributed by atoms with Crippen LogP contribution in [-0.4, -0.2) is 23.1 Å². The maximum Gasteiger partial charge on any atom is 0.233 e. The van der Waals surface area contributed by atoms with E-state index >= 15 is 0 Å². The van der Waals surface area contributed by atoms with Gasteiger partial charge in [-0.1, -0.05) is 6.07 Å². The molecular formula is C19H15F2NOS3. The van der Waals surface area contributed by atoms with Gasteiger partial charge in [-0.25, -0.2) is 8.78 Å². The maximum absolute atomic E-state index is 13.8. The van der Waals surface area contributed by atoms with Crippen LogP contribution in [0, 0.1) is 11.6 Å². The summed E-state index contributed by atoms with van der Waals surface area (Å²) in [4.78, 5) is 17.4. The first-order chi connectivity index (χ1) is 12.6. The van der Waals surface area contributed by atoms with Gasteiger partial charge in [0.15, 0.2) is 0 Å². The maximum atomic E-state index is 13.8. The van der Waals surface area contributed by atoms with E-state index in [9.17, 15) is 13.6 Å². The van der Waals surface area contributed by atoms with Crippen LogP contribution in [0.15, 0.2) is 52.1 Å². The fourth-order valence-corrected chi connectivity index (χ4v) is 5.75. The molecule has 26 heavy (non-hydrogen) atoms. The smallest absolute Gasteiger partial charge is 0.233 e. The molecule has 2 nitrogen and oxygen atoms in total. The van der Waals surface area contributed by atoms with Crippen LogP contribution in [0.3, 0.4) is 0 Å². The molecule has 1 aromatic carbocycles. The zero-order valence-corrected chi connectivity index (χ0v) is 16.1. The van der Waals surface area contributed by atoms with Gasteiger partial charge in [-0.15, -0.1) is 34.4 Å². The van der Waals surface area contributed by atoms with Crippen molar-refractivity contribution >= 4 is 40.3 Å². The molecule has 1 aliphatic rings. The van der Waals surface area contributed by atoms with Crippen molar-refractivity contribution in [2.45, 2.75) is 17.4 Å². The largest absolute Gasteiger partial charge is 0.330 e. The minimum Gasteiger partial charge on any atom is -0.330 e. The number of hydrogen-bond acceptors (Lipinski definition) is 4. The van der Waals surface area contributed by atoms with E-state index in [1.807, 2.05) is 22.4 Å². The Kier molecular flexibility index (Phi) is 5.11. The summed E-state index contributed by atoms with van der Waals surface area (Å²) in [5, 5.41) is 4.08. The van der Waals surface area contributed by atoms with E-state index in [1.54, 1.807) is 22.7 Å². The van der Waals surface area contributed by atoms with Crippen LogP contribution in [0.4, 0.5) is 8.78 Å². The molecule has 4 rings (SSSR count). The second-order valence-electron chi connectivity index (χ2n) is 5.92. The van der Waals surface area contributed by atoms with Crippen molar-refractivity contribution in [1.29, 1.82) is 0 Å². The lowest BCUT2D eigenvalue weighted by Crippen LogP contribution is -2.40. The van der Waals surface area contributed by atoms with Crippen molar-refractivity contribution in [3.63, 3.8) is 0 Å². The SMILES string of the molecule is O=C(CSc1cc(F)ccc1F)N1CCc2sccc2[C@H]1c1cccs1. The van der Waals surface area contributed by atoms with Gasteiger partial charge in [0.25, 0.3) is 0 Å². The van der Waals surface area contributed by atoms with Crippen molar-refractivity contribution < 1.29 is 13.6 Å². The Bertz CT molecular complexity index is 923. The minimum absolute atomic E-state index is 0.0612. The average Bonchev–Trinajstić information content (AvgIpc) is 3.32. The summed E-state index contributed by atoms with van der Waals surface area (Å²) in [5.41, 5.74) is 1.18. The van der Waals surface area contributed by atoms with Crippen LogP contribution >= 0.6 is 34.4 Å². The summed E-state index contributed by atoms with van der Waals surface area (Å²) < 4.78 is 27.1. The summed E-state index contributed by atoms with van der Waals surface area (Å²) in [5.74, 6) is -0.979. The van der Waals surface area contributed by atoms with Gasteiger partial charge in [-0.05, 0) is 53.1 Å². The molecule has 0 radical (unpaired) electrons. The average molecular weight is 408 g/mol. The van der Waals surface area contributed by atoms with Gasteiger partial charge < -0.3 is 4.90 Å². The van der Waals surface area contributed by atoms with Crippen LogP contribution in [-0.2, 0) is 11.2 Å². The molecule has 0 saturated heterocycles. The third-order valence-corrected chi connectivity index (χ3v) is 7.28. The number of carbonyl (C=O) groups is 1. The monoisotopic (exact) mass is 407 g/mol. The second kappa shape index (κ2) is 7.50. The van der Waals surface area contributed by atoms with Gasteiger partial charge in [0.05, 0.1) is 11.8 Å². The van der Waals surface area contributed by atoms with Gasteiger partial charge in [-0.3, -0.25) is 4.79 Å². The number of benzene rings is 1. The quantitative estimate of drug-likeness (QED) is 0.543. The number of hydrogen-bond donors (Lipinski definition) is 0. The number of rotatable bonds is 4. The molecule has 0 unspecified atom stereocenters. The van der Waals surface area contributed by atoms with Crippen LogP contribution in [0.5, 0.6) is 0 Å². The predicted molar refractivity (Wildman–Crippen MR) is 103 cm³/mol. The molecule has 0 saturated carbocycles. The summed E-state index contributed by atoms with van der Waals surface area (Å²) in [6, 6.07) is 9.34. The standard InChI is InChI=1S/C19H15F2NOS3/c20-12-3-4-14(21)17(10-12)26-11-18(23)22-7-5-15-13(6-9-25-15)19(22)16-2-1-8-24-16/h1-4,6,8-10,19H,5,7,11H2/t19-/m0/s1. The highest BCUT2D eigenvalue weighted by Gasteiger charge is 2.33. The highest BCUT2D eigenvalue weighted by Crippen LogP contribution is 2.40. The molecule has 0 N–H and O–H groups in total. The predicted octanol–water partition coefficient (Wildman–Crippen LogP) is 5.35. The van der Waals surface area contributed by atoms with Crippen molar-refractivity contribution in [3.8, 4) is 0 Å². The molecule has 0 bridgehead atoms. The van der Waals surface area contributed by atoms with E-state index in [0.29, 0.717) is 6.54 Å². The van der Waals surface area contributed by atoms with Crippen LogP contribution in [0.1, 0.15) is 21.4 Å². The van der Waals surface area contributed by atoms with Gasteiger partial charge >= 0.3 is 0 Å². The molecule has 1 atom stereocenters. The number of amides is 1. The van der Waals surface area contributed by atoms with Gasteiger partial charge in [-0.2, -0.15) is 0 Å². The fraction of sp³-hybridized carbons (Fsp3) is 0.211. The van der Waals surface area contributed by atoms with Crippen molar-refractivity contribution in [2.24, 2.45) is 0 Å². The Morgan fingerprint density at radius 3 is 2.88 bits per heavy atom. The molecule has 1 amide bonds. The van der Waals surface area contributed by atoms with Gasteiger partial charge in [0, 0.05) is 21.2 Å². The van der Waals surface area contributed by atoms with E-state index in [0.717, 1.165) is 41.3 Å². The topological polar surface area (TPSA) is 20.3 Å². The summed E-state index contributed by atoms with van der Waals surface area (Å²) in [6.07, 6.45) is 0.833. The molecule has 0 spiro atoms. The van der Waals surface area contributed by atoms with E-state index in [2.05, 4.69) is 11.4 Å². The van der Waals surface area contributed by atoms with E-state index in [4.69, 9.17) is 0 Å². The first-order valence-corrected chi connectivity index (χ1v) is 10.8. The molecular weight excluding hydrogens is 392 g/mol. The zero-order valence-electron chi connectivity index (χ0n) is 13.7. The third kappa shape index (κ3) is 3.43. The molecule has 0 fully saturated rings. The molecule has 3 aromatic rings. The highest BCUT2D eigenvalue weighted by atomic mass is 32.2. The fourth-order valence-electron chi connectivity index (χ4n) is 3.15. The number of nitrogens with zero attached hydrogens (tertiary/aromatic N) is 1. The first kappa shape index (κ1) is 17.7. The van der Waals surface area contributed by atoms with Crippen molar-refractivity contribution in [1.82, 2.24) is 4.90 Å². The van der Waals surface area contributed by atoms with Gasteiger partial charge in [0.1, 0.15) is 11.6 Å². The molecule has 2 aromatic heterocycles. The number of carbonyl (C=O) groups excluding carboxylic acids is 1. The lowest BCUT2D eigenvalue weighted by atomic mass is 9.98. The summed E-state index contributed by atoms with van der Waals surface area (Å²) in [6.45, 7) is 0.640. The molecule has 0 aliphatic carbocycles. The third-order valence-electron chi connectivity index (χ3n) is 4.34. The van der Waals surface area contributed by atoms with Crippen LogP contribution < -0.4 is 0 Å². The molecule has 134 valence electrons. The number of thioether (sulfide) groups is 1. The Morgan fingerprint density at radius 2 is 2.08 bits per heavy atom. The Labute approximate surface area is 162 Å². The van der Waals surface area contributed by atoms with Crippen LogP contribution in [0.2, 0.25) is 0 Å². The molecule has 1 aliphatic heterocycles. The first-order valence-electron chi connectivity index (χ1n) is 8.10. The second-order valence-corrected chi connectivity index (χ2v) is 8.91. The zero-order chi connectivity index (χ0) is 18.1. The normalized spacial score (nSPS) is 16.5. The molecule has 3 heterocycles. The lowest BCUT2D eigenvalue weighted by Gasteiger charge is -2.35. The van der Waals surface area contributed by atoms with Crippen molar-refractivity contribution in [3.05, 3.63) is 74.1 Å². The Balaban J connectivity index is 1.56. The molecule has 7 heteroatoms.